The smallest absolute Gasteiger partial charge is 0.238 e. The minimum Gasteiger partial charge on any atom is -0.454 e. The number of ether oxygens (including phenoxy) is 2. The number of amides is 1. The zero-order valence-electron chi connectivity index (χ0n) is 14.9. The Labute approximate surface area is 152 Å². The van der Waals surface area contributed by atoms with Gasteiger partial charge in [-0.25, -0.2) is 8.42 Å². The first-order chi connectivity index (χ1) is 12.2. The van der Waals surface area contributed by atoms with Crippen molar-refractivity contribution in [2.24, 2.45) is 7.05 Å². The van der Waals surface area contributed by atoms with Gasteiger partial charge in [-0.1, -0.05) is 6.07 Å². The van der Waals surface area contributed by atoms with Gasteiger partial charge in [0.2, 0.25) is 12.7 Å². The number of benzene rings is 1. The van der Waals surface area contributed by atoms with Gasteiger partial charge >= 0.3 is 0 Å². The molecule has 0 saturated carbocycles. The summed E-state index contributed by atoms with van der Waals surface area (Å²) in [6.45, 7) is 2.56. The van der Waals surface area contributed by atoms with E-state index in [1.807, 2.05) is 26.1 Å². The van der Waals surface area contributed by atoms with E-state index in [0.29, 0.717) is 17.2 Å². The summed E-state index contributed by atoms with van der Waals surface area (Å²) in [6.07, 6.45) is 1.05. The summed E-state index contributed by atoms with van der Waals surface area (Å²) in [5.41, 5.74) is 2.48. The van der Waals surface area contributed by atoms with Crippen molar-refractivity contribution >= 4 is 15.7 Å². The minimum atomic E-state index is -3.43. The summed E-state index contributed by atoms with van der Waals surface area (Å²) in [7, 11) is -1.61. The molecule has 140 valence electrons. The molecule has 9 heteroatoms. The molecule has 0 spiro atoms. The third-order valence-electron chi connectivity index (χ3n) is 4.07. The number of aryl methyl sites for hydroxylation is 2. The van der Waals surface area contributed by atoms with E-state index in [-0.39, 0.29) is 19.9 Å². The van der Waals surface area contributed by atoms with Gasteiger partial charge in [-0.15, -0.1) is 0 Å². The molecule has 1 amide bonds. The molecule has 0 saturated heterocycles. The van der Waals surface area contributed by atoms with Crippen molar-refractivity contribution in [3.63, 3.8) is 0 Å². The van der Waals surface area contributed by atoms with Crippen molar-refractivity contribution < 1.29 is 22.7 Å². The van der Waals surface area contributed by atoms with Gasteiger partial charge in [0.05, 0.1) is 12.2 Å². The van der Waals surface area contributed by atoms with E-state index in [2.05, 4.69) is 5.10 Å². The Morgan fingerprint density at radius 2 is 1.96 bits per heavy atom. The molecule has 0 aliphatic carbocycles. The highest BCUT2D eigenvalue weighted by atomic mass is 32.2. The molecule has 0 radical (unpaired) electrons. The normalized spacial score (nSPS) is 13.0. The number of hydrogen-bond acceptors (Lipinski definition) is 6. The molecule has 1 aromatic carbocycles. The third kappa shape index (κ3) is 4.34. The van der Waals surface area contributed by atoms with Gasteiger partial charge in [0, 0.05) is 25.5 Å². The molecular formula is C17H21N3O5S. The first-order valence-corrected chi connectivity index (χ1v) is 10.1. The second kappa shape index (κ2) is 6.99. The average Bonchev–Trinajstić information content (AvgIpc) is 3.11. The van der Waals surface area contributed by atoms with Crippen LogP contribution in [-0.4, -0.2) is 47.8 Å². The zero-order valence-corrected chi connectivity index (χ0v) is 15.7. The van der Waals surface area contributed by atoms with Gasteiger partial charge in [0.1, 0.15) is 5.75 Å². The van der Waals surface area contributed by atoms with Gasteiger partial charge < -0.3 is 14.4 Å². The molecule has 3 rings (SSSR count). The van der Waals surface area contributed by atoms with Crippen LogP contribution in [0.4, 0.5) is 0 Å². The van der Waals surface area contributed by atoms with Gasteiger partial charge in [-0.3, -0.25) is 9.48 Å². The number of sulfone groups is 1. The Balaban J connectivity index is 1.83. The fourth-order valence-corrected chi connectivity index (χ4v) is 3.35. The van der Waals surface area contributed by atoms with E-state index in [1.165, 1.54) is 4.90 Å². The van der Waals surface area contributed by atoms with Crippen molar-refractivity contribution in [1.29, 1.82) is 0 Å². The maximum atomic E-state index is 12.5. The highest BCUT2D eigenvalue weighted by molar-refractivity contribution is 7.91. The monoisotopic (exact) mass is 379 g/mol. The molecule has 0 fully saturated rings. The van der Waals surface area contributed by atoms with Gasteiger partial charge in [0.15, 0.2) is 21.3 Å². The molecule has 0 unspecified atom stereocenters. The average molecular weight is 379 g/mol. The maximum absolute atomic E-state index is 12.5. The summed E-state index contributed by atoms with van der Waals surface area (Å²) < 4.78 is 35.5. The van der Waals surface area contributed by atoms with Crippen LogP contribution in [0, 0.1) is 6.92 Å². The molecule has 0 bridgehead atoms. The lowest BCUT2D eigenvalue weighted by Gasteiger charge is -2.22. The topological polar surface area (TPSA) is 90.7 Å². The van der Waals surface area contributed by atoms with Crippen LogP contribution in [0.15, 0.2) is 24.3 Å². The number of fused-ring (bicyclic) bond motifs is 1. The number of carbonyl (C=O) groups excluding carboxylic acids is 1. The first kappa shape index (κ1) is 18.2. The number of aromatic nitrogens is 2. The maximum Gasteiger partial charge on any atom is 0.238 e. The lowest BCUT2D eigenvalue weighted by Crippen LogP contribution is -2.34. The van der Waals surface area contributed by atoms with E-state index in [1.54, 1.807) is 16.8 Å². The van der Waals surface area contributed by atoms with Crippen LogP contribution in [0.2, 0.25) is 0 Å². The Morgan fingerprint density at radius 1 is 1.23 bits per heavy atom. The highest BCUT2D eigenvalue weighted by Crippen LogP contribution is 2.32. The molecule has 2 heterocycles. The van der Waals surface area contributed by atoms with Crippen molar-refractivity contribution in [1.82, 2.24) is 14.7 Å². The van der Waals surface area contributed by atoms with Crippen LogP contribution in [0.5, 0.6) is 11.5 Å². The predicted octanol–water partition coefficient (Wildman–Crippen LogP) is 1.03. The molecule has 1 aliphatic rings. The number of rotatable bonds is 6. The molecule has 8 nitrogen and oxygen atoms in total. The quantitative estimate of drug-likeness (QED) is 0.745. The fraction of sp³-hybridized carbons (Fsp3) is 0.412. The highest BCUT2D eigenvalue weighted by Gasteiger charge is 2.22. The SMILES string of the molecule is Cc1cc(CN(Cc2ccc3c(c2)OCO3)C(=O)CS(C)(=O)=O)nn1C. The Kier molecular flexibility index (Phi) is 4.90. The van der Waals surface area contributed by atoms with Gasteiger partial charge in [-0.05, 0) is 30.7 Å². The van der Waals surface area contributed by atoms with Gasteiger partial charge in [0.25, 0.3) is 0 Å². The molecule has 1 aromatic heterocycles. The lowest BCUT2D eigenvalue weighted by atomic mass is 10.2. The lowest BCUT2D eigenvalue weighted by molar-refractivity contribution is -0.129. The Hall–Kier alpha value is -2.55. The van der Waals surface area contributed by atoms with Crippen molar-refractivity contribution in [3.05, 3.63) is 41.2 Å². The number of hydrogen-bond donors (Lipinski definition) is 0. The minimum absolute atomic E-state index is 0.169. The molecule has 0 N–H and O–H groups in total. The van der Waals surface area contributed by atoms with Crippen LogP contribution >= 0.6 is 0 Å². The number of nitrogens with zero attached hydrogens (tertiary/aromatic N) is 3. The molecule has 2 aromatic rings. The predicted molar refractivity (Wildman–Crippen MR) is 94.5 cm³/mol. The van der Waals surface area contributed by atoms with Crippen LogP contribution in [0.3, 0.4) is 0 Å². The Morgan fingerprint density at radius 3 is 2.62 bits per heavy atom. The summed E-state index contributed by atoms with van der Waals surface area (Å²) in [4.78, 5) is 14.0. The summed E-state index contributed by atoms with van der Waals surface area (Å²) in [6, 6.07) is 7.28. The van der Waals surface area contributed by atoms with Crippen LogP contribution in [-0.2, 0) is 34.8 Å². The van der Waals surface area contributed by atoms with E-state index in [4.69, 9.17) is 9.47 Å². The van der Waals surface area contributed by atoms with Crippen LogP contribution in [0.25, 0.3) is 0 Å². The summed E-state index contributed by atoms with van der Waals surface area (Å²) in [5, 5.41) is 4.36. The molecule has 26 heavy (non-hydrogen) atoms. The standard InChI is InChI=1S/C17H21N3O5S/c1-12-6-14(18-19(12)2)9-20(17(21)10-26(3,22)23)8-13-4-5-15-16(7-13)25-11-24-15/h4-7H,8-11H2,1-3H3. The van der Waals surface area contributed by atoms with E-state index in [9.17, 15) is 13.2 Å². The molecule has 1 aliphatic heterocycles. The van der Waals surface area contributed by atoms with E-state index < -0.39 is 21.5 Å². The van der Waals surface area contributed by atoms with Crippen molar-refractivity contribution in [2.45, 2.75) is 20.0 Å². The summed E-state index contributed by atoms with van der Waals surface area (Å²) in [5.74, 6) is 0.270. The number of carbonyl (C=O) groups is 1. The van der Waals surface area contributed by atoms with E-state index in [0.717, 1.165) is 17.5 Å². The largest absolute Gasteiger partial charge is 0.454 e. The second-order valence-corrected chi connectivity index (χ2v) is 8.55. The zero-order chi connectivity index (χ0) is 18.9. The first-order valence-electron chi connectivity index (χ1n) is 8.05. The third-order valence-corrected chi connectivity index (χ3v) is 4.84. The van der Waals surface area contributed by atoms with Crippen LogP contribution < -0.4 is 9.47 Å². The second-order valence-electron chi connectivity index (χ2n) is 6.41. The van der Waals surface area contributed by atoms with Gasteiger partial charge in [-0.2, -0.15) is 5.10 Å². The van der Waals surface area contributed by atoms with Crippen LogP contribution in [0.1, 0.15) is 17.0 Å². The Bertz CT molecular complexity index is 916. The molecular weight excluding hydrogens is 358 g/mol. The van der Waals surface area contributed by atoms with E-state index >= 15 is 0 Å². The summed E-state index contributed by atoms with van der Waals surface area (Å²) >= 11 is 0. The van der Waals surface area contributed by atoms with Crippen molar-refractivity contribution in [3.8, 4) is 11.5 Å². The fourth-order valence-electron chi connectivity index (χ4n) is 2.72. The van der Waals surface area contributed by atoms with Crippen molar-refractivity contribution in [2.75, 3.05) is 18.8 Å². The molecule has 0 atom stereocenters.